The molecule has 0 aliphatic carbocycles. The molecule has 1 aliphatic rings. The molecule has 0 spiro atoms. The van der Waals surface area contributed by atoms with E-state index in [1.807, 2.05) is 12.3 Å². The van der Waals surface area contributed by atoms with Gasteiger partial charge in [-0.3, -0.25) is 4.79 Å². The fraction of sp³-hybridized carbons (Fsp3) is 0.636. The number of aromatic nitrogens is 1. The monoisotopic (exact) mass is 288 g/mol. The highest BCUT2D eigenvalue weighted by Crippen LogP contribution is 2.21. The van der Waals surface area contributed by atoms with Crippen molar-refractivity contribution in [1.82, 2.24) is 9.88 Å². The smallest absolute Gasteiger partial charge is 0.226 e. The van der Waals surface area contributed by atoms with Crippen molar-refractivity contribution in [2.75, 3.05) is 18.6 Å². The standard InChI is InChI=1S/C11H16N2O3S2/c1-8-6-17-10(12-8)5-13(2)11(14)9-3-4-18(15,16)7-9/h6,9H,3-5,7H2,1-2H3/t9-/m1/s1. The van der Waals surface area contributed by atoms with E-state index in [2.05, 4.69) is 4.98 Å². The molecular weight excluding hydrogens is 272 g/mol. The molecule has 1 saturated heterocycles. The number of carbonyl (C=O) groups excluding carboxylic acids is 1. The third kappa shape index (κ3) is 3.08. The maximum atomic E-state index is 12.1. The molecule has 2 rings (SSSR count). The Kier molecular flexibility index (Phi) is 3.72. The third-order valence-corrected chi connectivity index (χ3v) is 5.72. The van der Waals surface area contributed by atoms with E-state index in [4.69, 9.17) is 0 Å². The molecule has 0 N–H and O–H groups in total. The van der Waals surface area contributed by atoms with Crippen molar-refractivity contribution in [3.05, 3.63) is 16.1 Å². The molecule has 1 aromatic rings. The highest BCUT2D eigenvalue weighted by Gasteiger charge is 2.34. The topological polar surface area (TPSA) is 67.3 Å². The van der Waals surface area contributed by atoms with Crippen molar-refractivity contribution in [2.24, 2.45) is 5.92 Å². The quantitative estimate of drug-likeness (QED) is 0.827. The van der Waals surface area contributed by atoms with Crippen molar-refractivity contribution in [1.29, 1.82) is 0 Å². The first-order chi connectivity index (χ1) is 8.37. The van der Waals surface area contributed by atoms with Gasteiger partial charge in [0.2, 0.25) is 5.91 Å². The number of sulfone groups is 1. The summed E-state index contributed by atoms with van der Waals surface area (Å²) in [7, 11) is -1.30. The first kappa shape index (κ1) is 13.5. The molecule has 5 nitrogen and oxygen atoms in total. The van der Waals surface area contributed by atoms with Crippen LogP contribution >= 0.6 is 11.3 Å². The van der Waals surface area contributed by atoms with Crippen LogP contribution in [0.3, 0.4) is 0 Å². The Morgan fingerprint density at radius 1 is 1.61 bits per heavy atom. The van der Waals surface area contributed by atoms with Crippen LogP contribution in [-0.4, -0.2) is 42.8 Å². The van der Waals surface area contributed by atoms with Crippen LogP contribution in [0.2, 0.25) is 0 Å². The molecule has 1 aliphatic heterocycles. The van der Waals surface area contributed by atoms with Gasteiger partial charge in [0.15, 0.2) is 9.84 Å². The summed E-state index contributed by atoms with van der Waals surface area (Å²) in [5.41, 5.74) is 0.944. The van der Waals surface area contributed by atoms with Gasteiger partial charge in [0.25, 0.3) is 0 Å². The number of aryl methyl sites for hydroxylation is 1. The number of hydrogen-bond donors (Lipinski definition) is 0. The zero-order chi connectivity index (χ0) is 13.3. The predicted molar refractivity (Wildman–Crippen MR) is 70.1 cm³/mol. The molecule has 0 saturated carbocycles. The largest absolute Gasteiger partial charge is 0.339 e. The summed E-state index contributed by atoms with van der Waals surface area (Å²) in [6, 6.07) is 0. The summed E-state index contributed by atoms with van der Waals surface area (Å²) in [5.74, 6) is -0.342. The van der Waals surface area contributed by atoms with Crippen molar-refractivity contribution >= 4 is 27.1 Å². The maximum Gasteiger partial charge on any atom is 0.226 e. The van der Waals surface area contributed by atoms with Crippen LogP contribution in [0.4, 0.5) is 0 Å². The van der Waals surface area contributed by atoms with Crippen LogP contribution in [0.25, 0.3) is 0 Å². The summed E-state index contributed by atoms with van der Waals surface area (Å²) in [4.78, 5) is 18.0. The van der Waals surface area contributed by atoms with Gasteiger partial charge in [-0.2, -0.15) is 0 Å². The lowest BCUT2D eigenvalue weighted by Gasteiger charge is -2.19. The van der Waals surface area contributed by atoms with Gasteiger partial charge in [0.1, 0.15) is 5.01 Å². The fourth-order valence-electron chi connectivity index (χ4n) is 2.06. The van der Waals surface area contributed by atoms with Gasteiger partial charge < -0.3 is 4.90 Å². The zero-order valence-corrected chi connectivity index (χ0v) is 12.1. The van der Waals surface area contributed by atoms with Crippen LogP contribution in [0.15, 0.2) is 5.38 Å². The van der Waals surface area contributed by atoms with Gasteiger partial charge in [-0.15, -0.1) is 11.3 Å². The normalized spacial score (nSPS) is 22.0. The van der Waals surface area contributed by atoms with E-state index in [9.17, 15) is 13.2 Å². The average molecular weight is 288 g/mol. The fourth-order valence-corrected chi connectivity index (χ4v) is 4.61. The van der Waals surface area contributed by atoms with Gasteiger partial charge in [0, 0.05) is 18.1 Å². The van der Waals surface area contributed by atoms with E-state index >= 15 is 0 Å². The second-order valence-electron chi connectivity index (χ2n) is 4.68. The molecule has 2 heterocycles. The number of carbonyl (C=O) groups is 1. The van der Waals surface area contributed by atoms with Crippen LogP contribution in [-0.2, 0) is 21.2 Å². The average Bonchev–Trinajstić information content (AvgIpc) is 2.83. The van der Waals surface area contributed by atoms with Gasteiger partial charge in [-0.05, 0) is 13.3 Å². The van der Waals surface area contributed by atoms with Gasteiger partial charge in [0.05, 0.1) is 24.0 Å². The molecule has 100 valence electrons. The molecule has 7 heteroatoms. The Hall–Kier alpha value is -0.950. The first-order valence-electron chi connectivity index (χ1n) is 5.74. The van der Waals surface area contributed by atoms with Gasteiger partial charge in [-0.25, -0.2) is 13.4 Å². The maximum absolute atomic E-state index is 12.1. The van der Waals surface area contributed by atoms with Crippen molar-refractivity contribution in [3.63, 3.8) is 0 Å². The molecule has 18 heavy (non-hydrogen) atoms. The Morgan fingerprint density at radius 2 is 2.33 bits per heavy atom. The van der Waals surface area contributed by atoms with Gasteiger partial charge >= 0.3 is 0 Å². The van der Waals surface area contributed by atoms with E-state index in [1.165, 1.54) is 11.3 Å². The van der Waals surface area contributed by atoms with E-state index in [0.717, 1.165) is 10.7 Å². The lowest BCUT2D eigenvalue weighted by Crippen LogP contribution is -2.33. The Balaban J connectivity index is 1.97. The Labute approximate surface area is 111 Å². The highest BCUT2D eigenvalue weighted by atomic mass is 32.2. The van der Waals surface area contributed by atoms with E-state index in [1.54, 1.807) is 11.9 Å². The Morgan fingerprint density at radius 3 is 2.83 bits per heavy atom. The van der Waals surface area contributed by atoms with E-state index in [-0.39, 0.29) is 23.3 Å². The number of nitrogens with zero attached hydrogens (tertiary/aromatic N) is 2. The molecule has 1 aromatic heterocycles. The zero-order valence-electron chi connectivity index (χ0n) is 10.4. The molecule has 1 amide bonds. The minimum atomic E-state index is -3.00. The lowest BCUT2D eigenvalue weighted by atomic mass is 10.1. The van der Waals surface area contributed by atoms with Crippen LogP contribution in [0.1, 0.15) is 17.1 Å². The summed E-state index contributed by atoms with van der Waals surface area (Å²) < 4.78 is 22.7. The molecule has 0 unspecified atom stereocenters. The molecule has 1 atom stereocenters. The number of hydrogen-bond acceptors (Lipinski definition) is 5. The summed E-state index contributed by atoms with van der Waals surface area (Å²) in [6.07, 6.45) is 0.447. The van der Waals surface area contributed by atoms with Crippen molar-refractivity contribution in [2.45, 2.75) is 19.9 Å². The summed E-state index contributed by atoms with van der Waals surface area (Å²) in [5, 5.41) is 2.82. The first-order valence-corrected chi connectivity index (χ1v) is 8.44. The van der Waals surface area contributed by atoms with E-state index < -0.39 is 9.84 Å². The molecule has 0 bridgehead atoms. The predicted octanol–water partition coefficient (Wildman–Crippen LogP) is 0.845. The molecule has 0 aromatic carbocycles. The number of thiazole rings is 1. The molecule has 1 fully saturated rings. The number of rotatable bonds is 3. The van der Waals surface area contributed by atoms with Crippen LogP contribution in [0, 0.1) is 12.8 Å². The highest BCUT2D eigenvalue weighted by molar-refractivity contribution is 7.91. The lowest BCUT2D eigenvalue weighted by molar-refractivity contribution is -0.133. The van der Waals surface area contributed by atoms with Crippen molar-refractivity contribution in [3.8, 4) is 0 Å². The Bertz CT molecular complexity index is 550. The minimum Gasteiger partial charge on any atom is -0.339 e. The van der Waals surface area contributed by atoms with Crippen LogP contribution in [0.5, 0.6) is 0 Å². The second-order valence-corrected chi connectivity index (χ2v) is 7.85. The summed E-state index contributed by atoms with van der Waals surface area (Å²) >= 11 is 1.51. The second kappa shape index (κ2) is 4.97. The molecule has 0 radical (unpaired) electrons. The van der Waals surface area contributed by atoms with Crippen molar-refractivity contribution < 1.29 is 13.2 Å². The molecular formula is C11H16N2O3S2. The minimum absolute atomic E-state index is 0.00687. The summed E-state index contributed by atoms with van der Waals surface area (Å²) in [6.45, 7) is 2.36. The SMILES string of the molecule is Cc1csc(CN(C)C(=O)[C@@H]2CCS(=O)(=O)C2)n1. The number of amides is 1. The third-order valence-electron chi connectivity index (χ3n) is 3.00. The van der Waals surface area contributed by atoms with Gasteiger partial charge in [-0.1, -0.05) is 0 Å². The van der Waals surface area contributed by atoms with Crippen LogP contribution < -0.4 is 0 Å². The van der Waals surface area contributed by atoms with E-state index in [0.29, 0.717) is 13.0 Å².